The van der Waals surface area contributed by atoms with Crippen LogP contribution in [0.3, 0.4) is 0 Å². The van der Waals surface area contributed by atoms with Gasteiger partial charge in [-0.2, -0.15) is 0 Å². The molecule has 0 aliphatic carbocycles. The molecular formula is C20H22ClN2O3+. The molecule has 1 amide bonds. The molecule has 4 rings (SSSR count). The summed E-state index contributed by atoms with van der Waals surface area (Å²) in [5.74, 6) is 1.64. The van der Waals surface area contributed by atoms with Crippen LogP contribution in [-0.2, 0) is 4.79 Å². The van der Waals surface area contributed by atoms with Crippen LogP contribution in [0.1, 0.15) is 24.4 Å². The third-order valence-corrected chi connectivity index (χ3v) is 5.22. The second kappa shape index (κ2) is 7.56. The highest BCUT2D eigenvalue weighted by Crippen LogP contribution is 2.33. The number of likely N-dealkylation sites (tertiary alicyclic amines) is 1. The highest BCUT2D eigenvalue weighted by molar-refractivity contribution is 6.30. The maximum Gasteiger partial charge on any atom is 0.279 e. The summed E-state index contributed by atoms with van der Waals surface area (Å²) in [6.07, 6.45) is 2.19. The molecule has 0 saturated carbocycles. The first-order valence-corrected chi connectivity index (χ1v) is 9.36. The Hall–Kier alpha value is -2.24. The minimum absolute atomic E-state index is 0.0202. The molecule has 2 aromatic rings. The van der Waals surface area contributed by atoms with Crippen LogP contribution in [0.25, 0.3) is 0 Å². The number of amides is 1. The summed E-state index contributed by atoms with van der Waals surface area (Å²) in [6, 6.07) is 13.6. The molecule has 0 bridgehead atoms. The third-order valence-electron chi connectivity index (χ3n) is 4.97. The molecule has 1 unspecified atom stereocenters. The van der Waals surface area contributed by atoms with E-state index in [0.29, 0.717) is 30.8 Å². The van der Waals surface area contributed by atoms with Gasteiger partial charge in [-0.05, 0) is 42.5 Å². The van der Waals surface area contributed by atoms with E-state index in [9.17, 15) is 4.79 Å². The molecule has 5 nitrogen and oxygen atoms in total. The summed E-state index contributed by atoms with van der Waals surface area (Å²) in [4.78, 5) is 13.7. The largest absolute Gasteiger partial charge is 0.486 e. The Balaban J connectivity index is 1.43. The van der Waals surface area contributed by atoms with Gasteiger partial charge < -0.3 is 19.7 Å². The Labute approximate surface area is 157 Å². The van der Waals surface area contributed by atoms with Crippen molar-refractivity contribution in [2.24, 2.45) is 0 Å². The lowest BCUT2D eigenvalue weighted by Gasteiger charge is -2.24. The molecule has 2 N–H and O–H groups in total. The number of hydrogen-bond acceptors (Lipinski definition) is 3. The van der Waals surface area contributed by atoms with Gasteiger partial charge in [-0.15, -0.1) is 0 Å². The number of rotatable bonds is 4. The fourth-order valence-corrected chi connectivity index (χ4v) is 3.87. The van der Waals surface area contributed by atoms with Crippen LogP contribution in [-0.4, -0.2) is 32.2 Å². The molecule has 1 saturated heterocycles. The van der Waals surface area contributed by atoms with Crippen molar-refractivity contribution < 1.29 is 19.2 Å². The topological polar surface area (TPSA) is 52.0 Å². The fourth-order valence-electron chi connectivity index (χ4n) is 3.75. The number of carbonyl (C=O) groups excluding carboxylic acids is 1. The number of fused-ring (bicyclic) bond motifs is 1. The van der Waals surface area contributed by atoms with Gasteiger partial charge in [0, 0.05) is 29.1 Å². The van der Waals surface area contributed by atoms with Crippen molar-refractivity contribution in [3.63, 3.8) is 0 Å². The number of hydrogen-bond donors (Lipinski definition) is 2. The van der Waals surface area contributed by atoms with Gasteiger partial charge in [0.05, 0.1) is 6.54 Å². The van der Waals surface area contributed by atoms with Crippen molar-refractivity contribution in [1.29, 1.82) is 0 Å². The highest BCUT2D eigenvalue weighted by Gasteiger charge is 2.32. The van der Waals surface area contributed by atoms with E-state index in [0.717, 1.165) is 36.6 Å². The molecule has 2 aliphatic rings. The summed E-state index contributed by atoms with van der Waals surface area (Å²) < 4.78 is 11.3. The second-order valence-electron chi connectivity index (χ2n) is 6.74. The van der Waals surface area contributed by atoms with E-state index in [1.165, 1.54) is 10.5 Å². The lowest BCUT2D eigenvalue weighted by atomic mass is 10.0. The average molecular weight is 374 g/mol. The molecule has 2 aliphatic heterocycles. The number of benzene rings is 2. The lowest BCUT2D eigenvalue weighted by Crippen LogP contribution is -3.11. The zero-order valence-corrected chi connectivity index (χ0v) is 15.2. The summed E-state index contributed by atoms with van der Waals surface area (Å²) in [5.41, 5.74) is 1.98. The normalized spacial score (nSPS) is 21.4. The first-order valence-electron chi connectivity index (χ1n) is 8.98. The van der Waals surface area contributed by atoms with E-state index in [2.05, 4.69) is 17.4 Å². The number of halogens is 1. The number of carbonyl (C=O) groups is 1. The van der Waals surface area contributed by atoms with Crippen LogP contribution in [0, 0.1) is 0 Å². The standard InChI is InChI=1S/C20H21ClN2O3/c21-15-4-6-16(7-5-15)22-20(24)13-23-9-1-2-17(23)14-3-8-18-19(12-14)26-11-10-25-18/h3-8,12,17H,1-2,9-11,13H2,(H,22,24)/p+1/t17-/m0/s1. The average Bonchev–Trinajstić information content (AvgIpc) is 3.11. The zero-order chi connectivity index (χ0) is 17.9. The van der Waals surface area contributed by atoms with Crippen molar-refractivity contribution in [3.05, 3.63) is 53.1 Å². The summed E-state index contributed by atoms with van der Waals surface area (Å²) in [6.45, 7) is 2.62. The fraction of sp³-hybridized carbons (Fsp3) is 0.350. The van der Waals surface area contributed by atoms with Crippen LogP contribution in [0.15, 0.2) is 42.5 Å². The first kappa shape index (κ1) is 17.2. The van der Waals surface area contributed by atoms with Crippen molar-refractivity contribution in [3.8, 4) is 11.5 Å². The molecule has 2 aromatic carbocycles. The Morgan fingerprint density at radius 1 is 1.12 bits per heavy atom. The van der Waals surface area contributed by atoms with Gasteiger partial charge >= 0.3 is 0 Å². The predicted octanol–water partition coefficient (Wildman–Crippen LogP) is 2.47. The molecular weight excluding hydrogens is 352 g/mol. The molecule has 2 atom stereocenters. The van der Waals surface area contributed by atoms with Gasteiger partial charge in [-0.1, -0.05) is 11.6 Å². The molecule has 26 heavy (non-hydrogen) atoms. The molecule has 1 fully saturated rings. The van der Waals surface area contributed by atoms with E-state index in [1.54, 1.807) is 12.1 Å². The molecule has 136 valence electrons. The van der Waals surface area contributed by atoms with E-state index in [1.807, 2.05) is 18.2 Å². The number of anilines is 1. The summed E-state index contributed by atoms with van der Waals surface area (Å²) in [5, 5.41) is 3.61. The second-order valence-corrected chi connectivity index (χ2v) is 7.17. The van der Waals surface area contributed by atoms with Gasteiger partial charge in [0.15, 0.2) is 18.0 Å². The van der Waals surface area contributed by atoms with E-state index in [-0.39, 0.29) is 5.91 Å². The van der Waals surface area contributed by atoms with Crippen molar-refractivity contribution >= 4 is 23.2 Å². The minimum atomic E-state index is 0.0202. The highest BCUT2D eigenvalue weighted by atomic mass is 35.5. The van der Waals surface area contributed by atoms with Gasteiger partial charge in [-0.25, -0.2) is 0 Å². The van der Waals surface area contributed by atoms with Crippen molar-refractivity contribution in [2.75, 3.05) is 31.6 Å². The number of nitrogens with one attached hydrogen (secondary N) is 2. The van der Waals surface area contributed by atoms with Gasteiger partial charge in [-0.3, -0.25) is 4.79 Å². The van der Waals surface area contributed by atoms with E-state index < -0.39 is 0 Å². The summed E-state index contributed by atoms with van der Waals surface area (Å²) in [7, 11) is 0. The lowest BCUT2D eigenvalue weighted by molar-refractivity contribution is -0.910. The first-order chi connectivity index (χ1) is 12.7. The predicted molar refractivity (Wildman–Crippen MR) is 100 cm³/mol. The Bertz CT molecular complexity index is 794. The Morgan fingerprint density at radius 3 is 2.69 bits per heavy atom. The monoisotopic (exact) mass is 373 g/mol. The van der Waals surface area contributed by atoms with Gasteiger partial charge in [0.1, 0.15) is 19.3 Å². The number of quaternary nitrogens is 1. The third kappa shape index (κ3) is 3.79. The van der Waals surface area contributed by atoms with Gasteiger partial charge in [0.2, 0.25) is 0 Å². The molecule has 0 radical (unpaired) electrons. The maximum absolute atomic E-state index is 12.5. The van der Waals surface area contributed by atoms with Crippen LogP contribution in [0.2, 0.25) is 5.02 Å². The van der Waals surface area contributed by atoms with Crippen LogP contribution < -0.4 is 19.7 Å². The number of ether oxygens (including phenoxy) is 2. The van der Waals surface area contributed by atoms with E-state index in [4.69, 9.17) is 21.1 Å². The molecule has 6 heteroatoms. The maximum atomic E-state index is 12.5. The van der Waals surface area contributed by atoms with Crippen LogP contribution >= 0.6 is 11.6 Å². The SMILES string of the molecule is O=C(C[NH+]1CCC[C@H]1c1ccc2c(c1)OCCO2)Nc1ccc(Cl)cc1. The molecule has 0 aromatic heterocycles. The Morgan fingerprint density at radius 2 is 1.88 bits per heavy atom. The smallest absolute Gasteiger partial charge is 0.279 e. The quantitative estimate of drug-likeness (QED) is 0.865. The van der Waals surface area contributed by atoms with Gasteiger partial charge in [0.25, 0.3) is 5.91 Å². The van der Waals surface area contributed by atoms with E-state index >= 15 is 0 Å². The van der Waals surface area contributed by atoms with Crippen molar-refractivity contribution in [1.82, 2.24) is 0 Å². The molecule has 2 heterocycles. The van der Waals surface area contributed by atoms with Crippen LogP contribution in [0.4, 0.5) is 5.69 Å². The minimum Gasteiger partial charge on any atom is -0.486 e. The summed E-state index contributed by atoms with van der Waals surface area (Å²) >= 11 is 5.89. The zero-order valence-electron chi connectivity index (χ0n) is 14.5. The van der Waals surface area contributed by atoms with Crippen molar-refractivity contribution in [2.45, 2.75) is 18.9 Å². The molecule has 0 spiro atoms. The van der Waals surface area contributed by atoms with Crippen LogP contribution in [0.5, 0.6) is 11.5 Å². The Kier molecular flexibility index (Phi) is 5.00.